The van der Waals surface area contributed by atoms with Crippen LogP contribution in [-0.2, 0) is 13.6 Å². The summed E-state index contributed by atoms with van der Waals surface area (Å²) in [7, 11) is 2.09. The first kappa shape index (κ1) is 11.2. The van der Waals surface area contributed by atoms with E-state index in [0.717, 1.165) is 6.54 Å². The van der Waals surface area contributed by atoms with Gasteiger partial charge in [-0.05, 0) is 43.9 Å². The number of fused-ring (bicyclic) bond motifs is 1. The van der Waals surface area contributed by atoms with E-state index in [4.69, 9.17) is 0 Å². The highest BCUT2D eigenvalue weighted by atomic mass is 14.9. The van der Waals surface area contributed by atoms with Gasteiger partial charge in [-0.15, -0.1) is 0 Å². The molecule has 86 valence electrons. The largest absolute Gasteiger partial charge is 0.351 e. The van der Waals surface area contributed by atoms with E-state index in [1.165, 1.54) is 16.5 Å². The molecule has 1 aromatic carbocycles. The van der Waals surface area contributed by atoms with Crippen molar-refractivity contribution in [3.05, 3.63) is 36.0 Å². The van der Waals surface area contributed by atoms with Crippen LogP contribution in [0.2, 0.25) is 0 Å². The lowest BCUT2D eigenvalue weighted by Crippen LogP contribution is -2.35. The molecular formula is C14H20N2. The van der Waals surface area contributed by atoms with E-state index in [2.05, 4.69) is 68.2 Å². The van der Waals surface area contributed by atoms with Gasteiger partial charge >= 0.3 is 0 Å². The van der Waals surface area contributed by atoms with Crippen LogP contribution in [0.3, 0.4) is 0 Å². The van der Waals surface area contributed by atoms with E-state index < -0.39 is 0 Å². The second-order valence-corrected chi connectivity index (χ2v) is 5.42. The third-order valence-electron chi connectivity index (χ3n) is 2.78. The van der Waals surface area contributed by atoms with Crippen LogP contribution in [0.15, 0.2) is 30.5 Å². The van der Waals surface area contributed by atoms with E-state index in [1.54, 1.807) is 0 Å². The van der Waals surface area contributed by atoms with Crippen LogP contribution >= 0.6 is 0 Å². The average molecular weight is 216 g/mol. The molecule has 0 aliphatic heterocycles. The number of hydrogen-bond donors (Lipinski definition) is 1. The topological polar surface area (TPSA) is 17.0 Å². The predicted molar refractivity (Wildman–Crippen MR) is 69.5 cm³/mol. The zero-order chi connectivity index (χ0) is 11.8. The molecule has 0 saturated heterocycles. The number of aryl methyl sites for hydroxylation is 1. The molecule has 2 heteroatoms. The van der Waals surface area contributed by atoms with Crippen LogP contribution in [0.4, 0.5) is 0 Å². The van der Waals surface area contributed by atoms with Gasteiger partial charge in [-0.3, -0.25) is 0 Å². The molecular weight excluding hydrogens is 196 g/mol. The maximum atomic E-state index is 3.51. The molecule has 0 aliphatic carbocycles. The van der Waals surface area contributed by atoms with Crippen molar-refractivity contribution in [2.45, 2.75) is 32.9 Å². The lowest BCUT2D eigenvalue weighted by Gasteiger charge is -2.20. The summed E-state index contributed by atoms with van der Waals surface area (Å²) in [5.74, 6) is 0. The van der Waals surface area contributed by atoms with Crippen molar-refractivity contribution in [2.24, 2.45) is 7.05 Å². The molecule has 16 heavy (non-hydrogen) atoms. The van der Waals surface area contributed by atoms with Gasteiger partial charge in [0.15, 0.2) is 0 Å². The van der Waals surface area contributed by atoms with Gasteiger partial charge in [0, 0.05) is 30.8 Å². The van der Waals surface area contributed by atoms with Crippen molar-refractivity contribution in [1.82, 2.24) is 9.88 Å². The molecule has 0 atom stereocenters. The summed E-state index contributed by atoms with van der Waals surface area (Å²) in [6.07, 6.45) is 2.10. The molecule has 0 fully saturated rings. The van der Waals surface area contributed by atoms with Crippen molar-refractivity contribution in [3.63, 3.8) is 0 Å². The van der Waals surface area contributed by atoms with Gasteiger partial charge in [0.05, 0.1) is 0 Å². The number of hydrogen-bond acceptors (Lipinski definition) is 1. The summed E-state index contributed by atoms with van der Waals surface area (Å²) in [5, 5.41) is 4.81. The summed E-state index contributed by atoms with van der Waals surface area (Å²) < 4.78 is 2.16. The van der Waals surface area contributed by atoms with Crippen LogP contribution in [0.5, 0.6) is 0 Å². The van der Waals surface area contributed by atoms with Gasteiger partial charge in [-0.1, -0.05) is 12.1 Å². The van der Waals surface area contributed by atoms with E-state index in [1.807, 2.05) is 0 Å². The summed E-state index contributed by atoms with van der Waals surface area (Å²) in [5.41, 5.74) is 2.81. The first-order valence-corrected chi connectivity index (χ1v) is 5.75. The fraction of sp³-hybridized carbons (Fsp3) is 0.429. The Morgan fingerprint density at radius 1 is 1.19 bits per heavy atom. The summed E-state index contributed by atoms with van der Waals surface area (Å²) in [6.45, 7) is 7.49. The number of nitrogens with zero attached hydrogens (tertiary/aromatic N) is 1. The quantitative estimate of drug-likeness (QED) is 0.816. The Kier molecular flexibility index (Phi) is 2.76. The standard InChI is InChI=1S/C14H20N2/c1-14(2,3)15-10-11-5-6-12-7-8-16(4)13(12)9-11/h5-9,15H,10H2,1-4H3. The first-order valence-electron chi connectivity index (χ1n) is 5.75. The number of rotatable bonds is 2. The van der Waals surface area contributed by atoms with Crippen LogP contribution in [0.1, 0.15) is 26.3 Å². The Balaban J connectivity index is 2.22. The molecule has 2 nitrogen and oxygen atoms in total. The van der Waals surface area contributed by atoms with Crippen LogP contribution in [0, 0.1) is 0 Å². The molecule has 0 unspecified atom stereocenters. The maximum absolute atomic E-state index is 3.51. The predicted octanol–water partition coefficient (Wildman–Crippen LogP) is 3.07. The van der Waals surface area contributed by atoms with E-state index in [0.29, 0.717) is 0 Å². The molecule has 0 amide bonds. The highest BCUT2D eigenvalue weighted by Crippen LogP contribution is 2.17. The molecule has 1 aromatic heterocycles. The highest BCUT2D eigenvalue weighted by molar-refractivity contribution is 5.80. The molecule has 0 spiro atoms. The van der Waals surface area contributed by atoms with Crippen LogP contribution in [-0.4, -0.2) is 10.1 Å². The second kappa shape index (κ2) is 3.95. The zero-order valence-electron chi connectivity index (χ0n) is 10.5. The van der Waals surface area contributed by atoms with Gasteiger partial charge < -0.3 is 9.88 Å². The number of aromatic nitrogens is 1. The molecule has 0 bridgehead atoms. The zero-order valence-corrected chi connectivity index (χ0v) is 10.5. The van der Waals surface area contributed by atoms with E-state index >= 15 is 0 Å². The van der Waals surface area contributed by atoms with E-state index in [-0.39, 0.29) is 5.54 Å². The van der Waals surface area contributed by atoms with Gasteiger partial charge in [-0.2, -0.15) is 0 Å². The van der Waals surface area contributed by atoms with Crippen molar-refractivity contribution >= 4 is 10.9 Å². The monoisotopic (exact) mass is 216 g/mol. The molecule has 0 radical (unpaired) electrons. The minimum Gasteiger partial charge on any atom is -0.351 e. The normalized spacial score (nSPS) is 12.2. The summed E-state index contributed by atoms with van der Waals surface area (Å²) >= 11 is 0. The molecule has 0 saturated carbocycles. The Bertz CT molecular complexity index is 489. The van der Waals surface area contributed by atoms with E-state index in [9.17, 15) is 0 Å². The lowest BCUT2D eigenvalue weighted by molar-refractivity contribution is 0.424. The smallest absolute Gasteiger partial charge is 0.0480 e. The Morgan fingerprint density at radius 2 is 1.94 bits per heavy atom. The SMILES string of the molecule is Cn1ccc2ccc(CNC(C)(C)C)cc21. The van der Waals surface area contributed by atoms with Gasteiger partial charge in [0.1, 0.15) is 0 Å². The third-order valence-corrected chi connectivity index (χ3v) is 2.78. The fourth-order valence-electron chi connectivity index (χ4n) is 1.79. The minimum atomic E-state index is 0.170. The van der Waals surface area contributed by atoms with Crippen molar-refractivity contribution < 1.29 is 0 Å². The van der Waals surface area contributed by atoms with Gasteiger partial charge in [0.2, 0.25) is 0 Å². The molecule has 0 aliphatic rings. The Labute approximate surface area is 97.3 Å². The third kappa shape index (κ3) is 2.45. The summed E-state index contributed by atoms with van der Waals surface area (Å²) in [4.78, 5) is 0. The molecule has 1 heterocycles. The van der Waals surface area contributed by atoms with Gasteiger partial charge in [0.25, 0.3) is 0 Å². The van der Waals surface area contributed by atoms with Crippen LogP contribution < -0.4 is 5.32 Å². The molecule has 2 aromatic rings. The van der Waals surface area contributed by atoms with Crippen molar-refractivity contribution in [2.75, 3.05) is 0 Å². The van der Waals surface area contributed by atoms with Crippen molar-refractivity contribution in [1.29, 1.82) is 0 Å². The fourth-order valence-corrected chi connectivity index (χ4v) is 1.79. The maximum Gasteiger partial charge on any atom is 0.0480 e. The van der Waals surface area contributed by atoms with Gasteiger partial charge in [-0.25, -0.2) is 0 Å². The highest BCUT2D eigenvalue weighted by Gasteiger charge is 2.08. The molecule has 2 rings (SSSR count). The number of benzene rings is 1. The Morgan fingerprint density at radius 3 is 2.62 bits per heavy atom. The lowest BCUT2D eigenvalue weighted by atomic mass is 10.1. The number of nitrogens with one attached hydrogen (secondary N) is 1. The second-order valence-electron chi connectivity index (χ2n) is 5.42. The van der Waals surface area contributed by atoms with Crippen molar-refractivity contribution in [3.8, 4) is 0 Å². The first-order chi connectivity index (χ1) is 7.46. The summed E-state index contributed by atoms with van der Waals surface area (Å²) in [6, 6.07) is 8.79. The average Bonchev–Trinajstić information content (AvgIpc) is 2.56. The van der Waals surface area contributed by atoms with Crippen LogP contribution in [0.25, 0.3) is 10.9 Å². The minimum absolute atomic E-state index is 0.170. The molecule has 1 N–H and O–H groups in total. The Hall–Kier alpha value is -1.28.